The highest BCUT2D eigenvalue weighted by Gasteiger charge is 2.26. The van der Waals surface area contributed by atoms with Crippen molar-refractivity contribution >= 4 is 15.9 Å². The Hall–Kier alpha value is -0.300. The van der Waals surface area contributed by atoms with E-state index in [1.165, 1.54) is 25.7 Å². The molecule has 0 spiro atoms. The highest BCUT2D eigenvalue weighted by Crippen LogP contribution is 2.40. The van der Waals surface area contributed by atoms with Crippen molar-refractivity contribution in [3.63, 3.8) is 0 Å². The van der Waals surface area contributed by atoms with Crippen LogP contribution in [-0.2, 0) is 6.42 Å². The predicted octanol–water partition coefficient (Wildman–Crippen LogP) is 4.92. The van der Waals surface area contributed by atoms with E-state index in [4.69, 9.17) is 0 Å². The summed E-state index contributed by atoms with van der Waals surface area (Å²) >= 11 is 3.64. The Morgan fingerprint density at radius 2 is 2.06 bits per heavy atom. The Balaban J connectivity index is 2.19. The van der Waals surface area contributed by atoms with Crippen LogP contribution in [0.1, 0.15) is 50.2 Å². The summed E-state index contributed by atoms with van der Waals surface area (Å²) in [6, 6.07) is 9.02. The Labute approximate surface area is 108 Å². The van der Waals surface area contributed by atoms with Crippen LogP contribution in [0.5, 0.6) is 0 Å². The summed E-state index contributed by atoms with van der Waals surface area (Å²) in [5.41, 5.74) is 3.61. The topological polar surface area (TPSA) is 0 Å². The van der Waals surface area contributed by atoms with Crippen LogP contribution in [0.4, 0.5) is 0 Å². The minimum atomic E-state index is 0.412. The fraction of sp³-hybridized carbons (Fsp3) is 0.600. The molecular formula is C15H21Br. The van der Waals surface area contributed by atoms with E-state index in [9.17, 15) is 0 Å². The van der Waals surface area contributed by atoms with Crippen molar-refractivity contribution in [2.24, 2.45) is 5.41 Å². The second-order valence-corrected chi connectivity index (χ2v) is 6.35. The number of hydrogen-bond donors (Lipinski definition) is 0. The summed E-state index contributed by atoms with van der Waals surface area (Å²) in [5.74, 6) is 0.775. The molecule has 0 aliphatic heterocycles. The van der Waals surface area contributed by atoms with E-state index in [1.807, 2.05) is 0 Å². The molecule has 0 saturated heterocycles. The molecule has 0 nitrogen and oxygen atoms in total. The lowest BCUT2D eigenvalue weighted by atomic mass is 9.74. The third kappa shape index (κ3) is 2.68. The Kier molecular flexibility index (Phi) is 3.73. The van der Waals surface area contributed by atoms with E-state index in [1.54, 1.807) is 11.1 Å². The van der Waals surface area contributed by atoms with Gasteiger partial charge in [0, 0.05) is 5.33 Å². The molecule has 1 aliphatic rings. The molecule has 1 atom stereocenters. The lowest BCUT2D eigenvalue weighted by Crippen LogP contribution is -2.20. The van der Waals surface area contributed by atoms with Crippen LogP contribution in [0.3, 0.4) is 0 Å². The molecule has 1 aliphatic carbocycles. The van der Waals surface area contributed by atoms with Crippen molar-refractivity contribution in [2.75, 3.05) is 5.33 Å². The van der Waals surface area contributed by atoms with E-state index in [2.05, 4.69) is 54.0 Å². The molecule has 1 aromatic carbocycles. The summed E-state index contributed by atoms with van der Waals surface area (Å²) in [5, 5.41) is 1.10. The lowest BCUT2D eigenvalue weighted by molar-refractivity contribution is 0.330. The third-order valence-electron chi connectivity index (χ3n) is 3.65. The van der Waals surface area contributed by atoms with Crippen molar-refractivity contribution < 1.29 is 0 Å². The smallest absolute Gasteiger partial charge is 0.00829 e. The quantitative estimate of drug-likeness (QED) is 0.690. The van der Waals surface area contributed by atoms with Crippen LogP contribution in [-0.4, -0.2) is 5.33 Å². The molecule has 88 valence electrons. The van der Waals surface area contributed by atoms with Crippen molar-refractivity contribution in [3.05, 3.63) is 35.4 Å². The molecule has 16 heavy (non-hydrogen) atoms. The van der Waals surface area contributed by atoms with Gasteiger partial charge in [-0.05, 0) is 48.1 Å². The minimum absolute atomic E-state index is 0.412. The summed E-state index contributed by atoms with van der Waals surface area (Å²) in [6.07, 6.45) is 5.31. The van der Waals surface area contributed by atoms with Gasteiger partial charge in [-0.25, -0.2) is 0 Å². The molecule has 0 aromatic heterocycles. The van der Waals surface area contributed by atoms with Crippen LogP contribution in [0.2, 0.25) is 0 Å². The molecule has 2 rings (SSSR count). The van der Waals surface area contributed by atoms with Gasteiger partial charge in [-0.15, -0.1) is 0 Å². The van der Waals surface area contributed by atoms with Crippen LogP contribution < -0.4 is 0 Å². The molecule has 0 bridgehead atoms. The van der Waals surface area contributed by atoms with E-state index >= 15 is 0 Å². The molecule has 0 amide bonds. The zero-order valence-corrected chi connectivity index (χ0v) is 11.9. The van der Waals surface area contributed by atoms with Gasteiger partial charge < -0.3 is 0 Å². The molecule has 1 aromatic rings. The number of fused-ring (bicyclic) bond motifs is 1. The summed E-state index contributed by atoms with van der Waals surface area (Å²) in [7, 11) is 0. The van der Waals surface area contributed by atoms with Gasteiger partial charge in [0.1, 0.15) is 0 Å². The first-order valence-electron chi connectivity index (χ1n) is 6.26. The van der Waals surface area contributed by atoms with Crippen molar-refractivity contribution in [2.45, 2.75) is 45.4 Å². The Bertz CT molecular complexity index is 354. The number of alkyl halides is 1. The monoisotopic (exact) mass is 280 g/mol. The van der Waals surface area contributed by atoms with Gasteiger partial charge >= 0.3 is 0 Å². The first-order chi connectivity index (χ1) is 7.62. The number of benzene rings is 1. The largest absolute Gasteiger partial charge is 0.0922 e. The van der Waals surface area contributed by atoms with E-state index < -0.39 is 0 Å². The summed E-state index contributed by atoms with van der Waals surface area (Å²) in [6.45, 7) is 4.72. The maximum absolute atomic E-state index is 3.64. The number of rotatable bonds is 3. The highest BCUT2D eigenvalue weighted by molar-refractivity contribution is 9.09. The standard InChI is InChI=1S/C15H21Br/c1-15(2,11-16)10-13-8-5-7-12-6-3-4-9-14(12)13/h3-4,6,9,13H,5,7-8,10-11H2,1-2H3. The molecule has 0 N–H and O–H groups in total. The second-order valence-electron chi connectivity index (χ2n) is 5.79. The predicted molar refractivity (Wildman–Crippen MR) is 74.3 cm³/mol. The summed E-state index contributed by atoms with van der Waals surface area (Å²) in [4.78, 5) is 0. The molecule has 0 fully saturated rings. The molecule has 1 heteroatoms. The van der Waals surface area contributed by atoms with Gasteiger partial charge in [0.2, 0.25) is 0 Å². The van der Waals surface area contributed by atoms with E-state index in [0.717, 1.165) is 11.2 Å². The highest BCUT2D eigenvalue weighted by atomic mass is 79.9. The van der Waals surface area contributed by atoms with Crippen LogP contribution in [0.25, 0.3) is 0 Å². The molecule has 1 unspecified atom stereocenters. The van der Waals surface area contributed by atoms with Crippen LogP contribution >= 0.6 is 15.9 Å². The van der Waals surface area contributed by atoms with Gasteiger partial charge in [-0.2, -0.15) is 0 Å². The van der Waals surface area contributed by atoms with E-state index in [-0.39, 0.29) is 0 Å². The number of halogens is 1. The second kappa shape index (κ2) is 4.91. The molecule has 0 heterocycles. The van der Waals surface area contributed by atoms with Gasteiger partial charge in [0.25, 0.3) is 0 Å². The van der Waals surface area contributed by atoms with E-state index in [0.29, 0.717) is 5.41 Å². The number of hydrogen-bond acceptors (Lipinski definition) is 0. The molecular weight excluding hydrogens is 260 g/mol. The first kappa shape index (κ1) is 12.2. The fourth-order valence-electron chi connectivity index (χ4n) is 2.79. The fourth-order valence-corrected chi connectivity index (χ4v) is 3.02. The maximum atomic E-state index is 3.64. The third-order valence-corrected chi connectivity index (χ3v) is 5.17. The van der Waals surface area contributed by atoms with Gasteiger partial charge in [-0.1, -0.05) is 54.0 Å². The van der Waals surface area contributed by atoms with Crippen molar-refractivity contribution in [3.8, 4) is 0 Å². The average molecular weight is 281 g/mol. The Morgan fingerprint density at radius 1 is 1.31 bits per heavy atom. The van der Waals surface area contributed by atoms with Gasteiger partial charge in [-0.3, -0.25) is 0 Å². The van der Waals surface area contributed by atoms with Crippen molar-refractivity contribution in [1.29, 1.82) is 0 Å². The molecule has 0 saturated carbocycles. The Morgan fingerprint density at radius 3 is 2.81 bits per heavy atom. The van der Waals surface area contributed by atoms with Gasteiger partial charge in [0.15, 0.2) is 0 Å². The lowest BCUT2D eigenvalue weighted by Gasteiger charge is -2.32. The molecule has 0 radical (unpaired) electrons. The van der Waals surface area contributed by atoms with Crippen LogP contribution in [0.15, 0.2) is 24.3 Å². The zero-order chi connectivity index (χ0) is 11.6. The van der Waals surface area contributed by atoms with Gasteiger partial charge in [0.05, 0.1) is 0 Å². The SMILES string of the molecule is CC(C)(CBr)CC1CCCc2ccccc21. The number of aryl methyl sites for hydroxylation is 1. The first-order valence-corrected chi connectivity index (χ1v) is 7.38. The zero-order valence-electron chi connectivity index (χ0n) is 10.3. The van der Waals surface area contributed by atoms with Crippen LogP contribution in [0, 0.1) is 5.41 Å². The normalized spacial score (nSPS) is 20.6. The van der Waals surface area contributed by atoms with Crippen molar-refractivity contribution in [1.82, 2.24) is 0 Å². The minimum Gasteiger partial charge on any atom is -0.0922 e. The summed E-state index contributed by atoms with van der Waals surface area (Å²) < 4.78 is 0. The maximum Gasteiger partial charge on any atom is 0.00829 e. The average Bonchev–Trinajstić information content (AvgIpc) is 2.29.